The van der Waals surface area contributed by atoms with Crippen LogP contribution in [0.15, 0.2) is 36.5 Å². The number of carbonyl (C=O) groups excluding carboxylic acids is 1. The number of nitrogens with zero attached hydrogens (tertiary/aromatic N) is 2. The molecule has 0 amide bonds. The molecule has 3 heteroatoms. The zero-order valence-electron chi connectivity index (χ0n) is 12.3. The van der Waals surface area contributed by atoms with Gasteiger partial charge in [-0.15, -0.1) is 0 Å². The van der Waals surface area contributed by atoms with E-state index >= 15 is 0 Å². The molecule has 1 aromatic heterocycles. The number of aryl methyl sites for hydroxylation is 3. The lowest BCUT2D eigenvalue weighted by atomic mass is 10.0. The van der Waals surface area contributed by atoms with E-state index in [9.17, 15) is 4.79 Å². The molecule has 1 heterocycles. The predicted molar refractivity (Wildman–Crippen MR) is 81.7 cm³/mol. The van der Waals surface area contributed by atoms with Gasteiger partial charge in [-0.1, -0.05) is 37.6 Å². The third-order valence-corrected chi connectivity index (χ3v) is 3.35. The van der Waals surface area contributed by atoms with Crippen molar-refractivity contribution in [1.29, 1.82) is 0 Å². The van der Waals surface area contributed by atoms with E-state index in [2.05, 4.69) is 12.0 Å². The van der Waals surface area contributed by atoms with Crippen LogP contribution in [0, 0.1) is 6.92 Å². The van der Waals surface area contributed by atoms with E-state index in [-0.39, 0.29) is 5.78 Å². The van der Waals surface area contributed by atoms with Gasteiger partial charge in [-0.3, -0.25) is 9.48 Å². The maximum Gasteiger partial charge on any atom is 0.185 e. The summed E-state index contributed by atoms with van der Waals surface area (Å²) < 4.78 is 1.77. The second kappa shape index (κ2) is 6.33. The van der Waals surface area contributed by atoms with Gasteiger partial charge in [-0.05, 0) is 36.6 Å². The Bertz CT molecular complexity index is 601. The van der Waals surface area contributed by atoms with Crippen molar-refractivity contribution in [2.45, 2.75) is 26.7 Å². The van der Waals surface area contributed by atoms with Gasteiger partial charge < -0.3 is 0 Å². The topological polar surface area (TPSA) is 34.9 Å². The molecule has 0 saturated heterocycles. The molecule has 0 unspecified atom stereocenters. The maximum atomic E-state index is 12.1. The van der Waals surface area contributed by atoms with Crippen LogP contribution in [0.3, 0.4) is 0 Å². The average molecular weight is 268 g/mol. The summed E-state index contributed by atoms with van der Waals surface area (Å²) >= 11 is 0. The average Bonchev–Trinajstić information content (AvgIpc) is 2.77. The Morgan fingerprint density at radius 1 is 1.30 bits per heavy atom. The molecule has 20 heavy (non-hydrogen) atoms. The molecule has 1 aromatic carbocycles. The predicted octanol–water partition coefficient (Wildman–Crippen LogP) is 3.58. The Labute approximate surface area is 119 Å². The Kier molecular flexibility index (Phi) is 4.51. The van der Waals surface area contributed by atoms with E-state index in [1.807, 2.05) is 44.3 Å². The van der Waals surface area contributed by atoms with Crippen molar-refractivity contribution in [3.8, 4) is 0 Å². The van der Waals surface area contributed by atoms with E-state index in [1.165, 1.54) is 5.56 Å². The second-order valence-corrected chi connectivity index (χ2v) is 4.98. The van der Waals surface area contributed by atoms with Crippen molar-refractivity contribution in [3.05, 3.63) is 58.9 Å². The van der Waals surface area contributed by atoms with Gasteiger partial charge in [-0.2, -0.15) is 5.10 Å². The lowest BCUT2D eigenvalue weighted by Gasteiger charge is -2.00. The third-order valence-electron chi connectivity index (χ3n) is 3.35. The minimum Gasteiger partial charge on any atom is -0.289 e. The monoisotopic (exact) mass is 268 g/mol. The number of rotatable bonds is 5. The molecule has 0 saturated carbocycles. The first-order valence-corrected chi connectivity index (χ1v) is 6.91. The highest BCUT2D eigenvalue weighted by Gasteiger charge is 2.04. The SMILES string of the molecule is CCCc1ccc(C(=O)/C=C/c2c(C)cnn2C)cc1. The van der Waals surface area contributed by atoms with Crippen molar-refractivity contribution in [2.24, 2.45) is 7.05 Å². The highest BCUT2D eigenvalue weighted by atomic mass is 16.1. The molecular formula is C17H20N2O. The summed E-state index contributed by atoms with van der Waals surface area (Å²) in [5.74, 6) is 0.0219. The third kappa shape index (κ3) is 3.23. The summed E-state index contributed by atoms with van der Waals surface area (Å²) in [7, 11) is 1.87. The van der Waals surface area contributed by atoms with Crippen molar-refractivity contribution in [1.82, 2.24) is 9.78 Å². The van der Waals surface area contributed by atoms with E-state index in [0.717, 1.165) is 29.7 Å². The van der Waals surface area contributed by atoms with Gasteiger partial charge in [0, 0.05) is 12.6 Å². The molecule has 104 valence electrons. The van der Waals surface area contributed by atoms with Gasteiger partial charge in [0.15, 0.2) is 5.78 Å². The van der Waals surface area contributed by atoms with Crippen LogP contribution in [-0.2, 0) is 13.5 Å². The van der Waals surface area contributed by atoms with Crippen molar-refractivity contribution >= 4 is 11.9 Å². The first kappa shape index (κ1) is 14.3. The van der Waals surface area contributed by atoms with Gasteiger partial charge >= 0.3 is 0 Å². The highest BCUT2D eigenvalue weighted by molar-refractivity contribution is 6.06. The molecule has 2 rings (SSSR count). The number of ketones is 1. The number of hydrogen-bond acceptors (Lipinski definition) is 2. The first-order valence-electron chi connectivity index (χ1n) is 6.91. The summed E-state index contributed by atoms with van der Waals surface area (Å²) in [5.41, 5.74) is 4.02. The highest BCUT2D eigenvalue weighted by Crippen LogP contribution is 2.11. The largest absolute Gasteiger partial charge is 0.289 e. The van der Waals surface area contributed by atoms with Crippen molar-refractivity contribution in [3.63, 3.8) is 0 Å². The molecule has 0 N–H and O–H groups in total. The fourth-order valence-corrected chi connectivity index (χ4v) is 2.17. The number of carbonyl (C=O) groups is 1. The first-order chi connectivity index (χ1) is 9.61. The second-order valence-electron chi connectivity index (χ2n) is 4.98. The van der Waals surface area contributed by atoms with Crippen LogP contribution < -0.4 is 0 Å². The minimum absolute atomic E-state index is 0.0219. The van der Waals surface area contributed by atoms with Crippen LogP contribution in [0.25, 0.3) is 6.08 Å². The fraction of sp³-hybridized carbons (Fsp3) is 0.294. The number of benzene rings is 1. The molecule has 0 radical (unpaired) electrons. The Morgan fingerprint density at radius 2 is 2.00 bits per heavy atom. The van der Waals surface area contributed by atoms with E-state index in [4.69, 9.17) is 0 Å². The van der Waals surface area contributed by atoms with Gasteiger partial charge in [0.25, 0.3) is 0 Å². The van der Waals surface area contributed by atoms with E-state index in [0.29, 0.717) is 0 Å². The number of allylic oxidation sites excluding steroid dienone is 1. The zero-order chi connectivity index (χ0) is 14.5. The molecule has 0 aliphatic rings. The maximum absolute atomic E-state index is 12.1. The molecule has 0 bridgehead atoms. The van der Waals surface area contributed by atoms with E-state index in [1.54, 1.807) is 17.0 Å². The van der Waals surface area contributed by atoms with Crippen LogP contribution >= 0.6 is 0 Å². The number of aromatic nitrogens is 2. The van der Waals surface area contributed by atoms with Crippen LogP contribution in [0.2, 0.25) is 0 Å². The summed E-state index contributed by atoms with van der Waals surface area (Å²) in [6.07, 6.45) is 7.40. The summed E-state index contributed by atoms with van der Waals surface area (Å²) in [6.45, 7) is 4.13. The molecule has 0 spiro atoms. The minimum atomic E-state index is 0.0219. The fourth-order valence-electron chi connectivity index (χ4n) is 2.17. The van der Waals surface area contributed by atoms with Crippen molar-refractivity contribution < 1.29 is 4.79 Å². The van der Waals surface area contributed by atoms with Crippen molar-refractivity contribution in [2.75, 3.05) is 0 Å². The summed E-state index contributed by atoms with van der Waals surface area (Å²) in [5, 5.41) is 4.15. The standard InChI is InChI=1S/C17H20N2O/c1-4-5-14-6-8-15(9-7-14)17(20)11-10-16-13(2)12-18-19(16)3/h6-12H,4-5H2,1-3H3/b11-10+. The quantitative estimate of drug-likeness (QED) is 0.613. The Hall–Kier alpha value is -2.16. The molecular weight excluding hydrogens is 248 g/mol. The smallest absolute Gasteiger partial charge is 0.185 e. The summed E-state index contributed by atoms with van der Waals surface area (Å²) in [4.78, 5) is 12.1. The van der Waals surface area contributed by atoms with Gasteiger partial charge in [0.05, 0.1) is 11.9 Å². The number of hydrogen-bond donors (Lipinski definition) is 0. The van der Waals surface area contributed by atoms with Gasteiger partial charge in [0.2, 0.25) is 0 Å². The Balaban J connectivity index is 2.12. The lowest BCUT2D eigenvalue weighted by Crippen LogP contribution is -1.97. The molecule has 0 aliphatic heterocycles. The molecule has 0 fully saturated rings. The van der Waals surface area contributed by atoms with Crippen LogP contribution in [-0.4, -0.2) is 15.6 Å². The van der Waals surface area contributed by atoms with E-state index < -0.39 is 0 Å². The van der Waals surface area contributed by atoms with Crippen LogP contribution in [0.5, 0.6) is 0 Å². The zero-order valence-corrected chi connectivity index (χ0v) is 12.3. The summed E-state index contributed by atoms with van der Waals surface area (Å²) in [6, 6.07) is 7.85. The normalized spacial score (nSPS) is 11.2. The van der Waals surface area contributed by atoms with Gasteiger partial charge in [0.1, 0.15) is 0 Å². The van der Waals surface area contributed by atoms with Crippen LogP contribution in [0.4, 0.5) is 0 Å². The van der Waals surface area contributed by atoms with Crippen LogP contribution in [0.1, 0.15) is 40.5 Å². The molecule has 0 aliphatic carbocycles. The van der Waals surface area contributed by atoms with Gasteiger partial charge in [-0.25, -0.2) is 0 Å². The Morgan fingerprint density at radius 3 is 2.55 bits per heavy atom. The molecule has 3 nitrogen and oxygen atoms in total. The lowest BCUT2D eigenvalue weighted by molar-refractivity contribution is 0.104. The molecule has 2 aromatic rings. The molecule has 0 atom stereocenters.